The Balaban J connectivity index is 1.78. The smallest absolute Gasteiger partial charge is 0.290 e. The van der Waals surface area contributed by atoms with Gasteiger partial charge in [0.25, 0.3) is 5.91 Å². The summed E-state index contributed by atoms with van der Waals surface area (Å²) in [6.45, 7) is 0. The third kappa shape index (κ3) is 1.44. The second-order valence-electron chi connectivity index (χ2n) is 7.42. The van der Waals surface area contributed by atoms with E-state index in [-0.39, 0.29) is 5.78 Å². The zero-order valence-electron chi connectivity index (χ0n) is 14.5. The van der Waals surface area contributed by atoms with Crippen molar-refractivity contribution in [1.82, 2.24) is 5.32 Å². The van der Waals surface area contributed by atoms with Crippen LogP contribution in [0.1, 0.15) is 16.7 Å². The molecule has 27 heavy (non-hydrogen) atoms. The fourth-order valence-electron chi connectivity index (χ4n) is 5.40. The number of para-hydroxylation sites is 2. The molecule has 2 atom stereocenters. The summed E-state index contributed by atoms with van der Waals surface area (Å²) in [5.41, 5.74) is 3.13. The van der Waals surface area contributed by atoms with Crippen molar-refractivity contribution < 1.29 is 9.59 Å². The van der Waals surface area contributed by atoms with Crippen molar-refractivity contribution in [3.63, 3.8) is 0 Å². The number of rotatable bonds is 1. The van der Waals surface area contributed by atoms with Gasteiger partial charge in [-0.1, -0.05) is 60.7 Å². The summed E-state index contributed by atoms with van der Waals surface area (Å²) in [4.78, 5) is 28.2. The van der Waals surface area contributed by atoms with Crippen LogP contribution in [-0.2, 0) is 27.1 Å². The van der Waals surface area contributed by atoms with E-state index in [0.29, 0.717) is 6.42 Å². The lowest BCUT2D eigenvalue weighted by Crippen LogP contribution is -2.56. The average Bonchev–Trinajstić information content (AvgIpc) is 3.21. The van der Waals surface area contributed by atoms with Gasteiger partial charge >= 0.3 is 0 Å². The van der Waals surface area contributed by atoms with E-state index in [1.54, 1.807) is 0 Å². The molecule has 1 fully saturated rings. The Bertz CT molecular complexity index is 1140. The van der Waals surface area contributed by atoms with Crippen LogP contribution in [0.4, 0.5) is 11.4 Å². The molecule has 0 saturated carbocycles. The van der Waals surface area contributed by atoms with Gasteiger partial charge in [0.05, 0.1) is 0 Å². The monoisotopic (exact) mass is 352 g/mol. The van der Waals surface area contributed by atoms with E-state index in [4.69, 9.17) is 0 Å². The number of hydrogen-bond acceptors (Lipinski definition) is 3. The molecular weight excluding hydrogens is 336 g/mol. The van der Waals surface area contributed by atoms with Crippen LogP contribution in [0.25, 0.3) is 0 Å². The van der Waals surface area contributed by atoms with Gasteiger partial charge in [0, 0.05) is 16.9 Å². The molecule has 6 rings (SSSR count). The number of fused-ring (bicyclic) bond motifs is 2. The number of carbonyl (C=O) groups is 2. The van der Waals surface area contributed by atoms with Crippen LogP contribution in [0.2, 0.25) is 0 Å². The average molecular weight is 352 g/mol. The predicted molar refractivity (Wildman–Crippen MR) is 102 cm³/mol. The molecule has 4 nitrogen and oxygen atoms in total. The molecule has 1 saturated heterocycles. The molecule has 4 heteroatoms. The topological polar surface area (TPSA) is 49.4 Å². The Morgan fingerprint density at radius 2 is 1.44 bits per heavy atom. The number of amides is 1. The standard InChI is InChI=1S/C23H16N2O2/c26-20-21(27)24-23-17-11-5-4-8-15(17)14-22(20,23)18-12-6-7-13-19(18)25(23)16-9-2-1-3-10-16/h1-13H,14H2,(H,24,27)/t22-,23+/m0/s1. The van der Waals surface area contributed by atoms with Crippen molar-refractivity contribution in [2.75, 3.05) is 4.90 Å². The third-order valence-corrected chi connectivity index (χ3v) is 6.32. The summed E-state index contributed by atoms with van der Waals surface area (Å²) in [5.74, 6) is -0.843. The molecule has 1 amide bonds. The maximum absolute atomic E-state index is 13.4. The molecule has 130 valence electrons. The van der Waals surface area contributed by atoms with Gasteiger partial charge in [-0.15, -0.1) is 0 Å². The molecule has 0 aromatic heterocycles. The molecule has 1 N–H and O–H groups in total. The fourth-order valence-corrected chi connectivity index (χ4v) is 5.40. The molecule has 0 radical (unpaired) electrons. The highest BCUT2D eigenvalue weighted by Gasteiger charge is 2.76. The molecule has 2 aliphatic heterocycles. The zero-order chi connectivity index (χ0) is 18.2. The Hall–Kier alpha value is -3.40. The van der Waals surface area contributed by atoms with Crippen LogP contribution in [0.3, 0.4) is 0 Å². The maximum Gasteiger partial charge on any atom is 0.290 e. The van der Waals surface area contributed by atoms with E-state index in [1.807, 2.05) is 72.8 Å². The van der Waals surface area contributed by atoms with Gasteiger partial charge in [0.15, 0.2) is 5.66 Å². The Kier molecular flexibility index (Phi) is 2.54. The van der Waals surface area contributed by atoms with Crippen LogP contribution >= 0.6 is 0 Å². The number of ketones is 1. The first kappa shape index (κ1) is 14.7. The second-order valence-corrected chi connectivity index (χ2v) is 7.42. The number of Topliss-reactive ketones (excluding diaryl/α,β-unsaturated/α-hetero) is 1. The number of benzene rings is 3. The van der Waals surface area contributed by atoms with E-state index in [1.165, 1.54) is 0 Å². The molecule has 0 unspecified atom stereocenters. The number of nitrogens with one attached hydrogen (secondary N) is 1. The van der Waals surface area contributed by atoms with Gasteiger partial charge in [-0.3, -0.25) is 9.59 Å². The van der Waals surface area contributed by atoms with Crippen molar-refractivity contribution in [3.8, 4) is 0 Å². The van der Waals surface area contributed by atoms with Crippen LogP contribution < -0.4 is 10.2 Å². The summed E-state index contributed by atoms with van der Waals surface area (Å²) in [6.07, 6.45) is 0.529. The van der Waals surface area contributed by atoms with Crippen molar-refractivity contribution in [1.29, 1.82) is 0 Å². The minimum absolute atomic E-state index is 0.343. The van der Waals surface area contributed by atoms with Crippen molar-refractivity contribution in [2.45, 2.75) is 17.5 Å². The molecule has 3 aliphatic rings. The van der Waals surface area contributed by atoms with E-state index < -0.39 is 17.0 Å². The van der Waals surface area contributed by atoms with Gasteiger partial charge < -0.3 is 10.2 Å². The highest BCUT2D eigenvalue weighted by atomic mass is 16.2. The predicted octanol–water partition coefficient (Wildman–Crippen LogP) is 3.18. The maximum atomic E-state index is 13.4. The molecular formula is C23H16N2O2. The second kappa shape index (κ2) is 4.65. The summed E-state index contributed by atoms with van der Waals surface area (Å²) in [7, 11) is 0. The highest BCUT2D eigenvalue weighted by Crippen LogP contribution is 2.65. The summed E-state index contributed by atoms with van der Waals surface area (Å²) in [5, 5.41) is 3.12. The molecule has 3 aromatic rings. The lowest BCUT2D eigenvalue weighted by Gasteiger charge is -2.41. The molecule has 1 aliphatic carbocycles. The third-order valence-electron chi connectivity index (χ3n) is 6.32. The first-order chi connectivity index (χ1) is 13.2. The first-order valence-electron chi connectivity index (χ1n) is 9.10. The van der Waals surface area contributed by atoms with Gasteiger partial charge in [0.1, 0.15) is 5.41 Å². The van der Waals surface area contributed by atoms with Gasteiger partial charge in [-0.25, -0.2) is 0 Å². The van der Waals surface area contributed by atoms with Crippen LogP contribution in [0, 0.1) is 0 Å². The molecule has 0 bridgehead atoms. The Morgan fingerprint density at radius 3 is 2.26 bits per heavy atom. The molecule has 2 heterocycles. The van der Waals surface area contributed by atoms with Gasteiger partial charge in [-0.2, -0.15) is 0 Å². The SMILES string of the molecule is O=C1N[C@@]23c4ccccc4C[C@@]2(C1=O)c1ccccc1N3c1ccccc1. The quantitative estimate of drug-likeness (QED) is 0.685. The number of carbonyl (C=O) groups excluding carboxylic acids is 2. The largest absolute Gasteiger partial charge is 0.321 e. The molecule has 3 aromatic carbocycles. The van der Waals surface area contributed by atoms with E-state index in [0.717, 1.165) is 28.1 Å². The number of nitrogens with zero attached hydrogens (tertiary/aromatic N) is 1. The van der Waals surface area contributed by atoms with E-state index >= 15 is 0 Å². The van der Waals surface area contributed by atoms with Crippen LogP contribution in [-0.4, -0.2) is 11.7 Å². The Labute approximate surface area is 156 Å². The van der Waals surface area contributed by atoms with Crippen molar-refractivity contribution in [2.24, 2.45) is 0 Å². The minimum Gasteiger partial charge on any atom is -0.321 e. The summed E-state index contributed by atoms with van der Waals surface area (Å²) in [6, 6.07) is 26.0. The van der Waals surface area contributed by atoms with Crippen molar-refractivity contribution >= 4 is 23.1 Å². The summed E-state index contributed by atoms with van der Waals surface area (Å²) < 4.78 is 0. The lowest BCUT2D eigenvalue weighted by molar-refractivity contribution is -0.137. The number of hydrogen-bond donors (Lipinski definition) is 1. The van der Waals surface area contributed by atoms with Crippen molar-refractivity contribution in [3.05, 3.63) is 95.6 Å². The van der Waals surface area contributed by atoms with Crippen LogP contribution in [0.5, 0.6) is 0 Å². The number of anilines is 2. The normalized spacial score (nSPS) is 27.0. The van der Waals surface area contributed by atoms with Gasteiger partial charge in [-0.05, 0) is 35.7 Å². The summed E-state index contributed by atoms with van der Waals surface area (Å²) >= 11 is 0. The van der Waals surface area contributed by atoms with E-state index in [9.17, 15) is 9.59 Å². The zero-order valence-corrected chi connectivity index (χ0v) is 14.5. The van der Waals surface area contributed by atoms with Crippen LogP contribution in [0.15, 0.2) is 78.9 Å². The van der Waals surface area contributed by atoms with E-state index in [2.05, 4.69) is 16.3 Å². The Morgan fingerprint density at radius 1 is 0.778 bits per heavy atom. The fraction of sp³-hybridized carbons (Fsp3) is 0.130. The first-order valence-corrected chi connectivity index (χ1v) is 9.10. The van der Waals surface area contributed by atoms with Gasteiger partial charge in [0.2, 0.25) is 5.78 Å². The molecule has 0 spiro atoms. The highest BCUT2D eigenvalue weighted by molar-refractivity contribution is 6.44. The lowest BCUT2D eigenvalue weighted by atomic mass is 9.72. The minimum atomic E-state index is -0.930.